The number of hydrogen-bond acceptors (Lipinski definition) is 7. The normalized spacial score (nSPS) is 21.7. The highest BCUT2D eigenvalue weighted by atomic mass is 32.1. The number of thiophene rings is 1. The van der Waals surface area contributed by atoms with E-state index in [-0.39, 0.29) is 6.04 Å². The van der Waals surface area contributed by atoms with E-state index >= 15 is 0 Å². The Bertz CT molecular complexity index is 635. The van der Waals surface area contributed by atoms with Crippen LogP contribution < -0.4 is 5.32 Å². The number of aromatic nitrogens is 2. The second kappa shape index (κ2) is 7.31. The van der Waals surface area contributed by atoms with E-state index in [0.717, 1.165) is 38.7 Å². The highest BCUT2D eigenvalue weighted by Gasteiger charge is 2.30. The molecule has 2 atom stereocenters. The Labute approximate surface area is 146 Å². The maximum atomic E-state index is 5.50. The van der Waals surface area contributed by atoms with Gasteiger partial charge in [-0.15, -0.1) is 11.3 Å². The van der Waals surface area contributed by atoms with Crippen molar-refractivity contribution in [2.24, 2.45) is 0 Å². The minimum Gasteiger partial charge on any atom is -0.379 e. The summed E-state index contributed by atoms with van der Waals surface area (Å²) in [5.41, 5.74) is 0. The SMILES string of the molecule is CC(NCC(c1cccs1)N1CCOCC1)c1nc(C2CC2)no1. The quantitative estimate of drug-likeness (QED) is 0.830. The van der Waals surface area contributed by atoms with Crippen LogP contribution in [0.2, 0.25) is 0 Å². The highest BCUT2D eigenvalue weighted by molar-refractivity contribution is 7.10. The summed E-state index contributed by atoms with van der Waals surface area (Å²) in [6.07, 6.45) is 2.39. The largest absolute Gasteiger partial charge is 0.379 e. The molecule has 2 fully saturated rings. The lowest BCUT2D eigenvalue weighted by molar-refractivity contribution is 0.0162. The van der Waals surface area contributed by atoms with Crippen LogP contribution in [-0.4, -0.2) is 47.9 Å². The first-order valence-electron chi connectivity index (χ1n) is 8.73. The van der Waals surface area contributed by atoms with Crippen molar-refractivity contribution in [3.8, 4) is 0 Å². The van der Waals surface area contributed by atoms with Crippen LogP contribution >= 0.6 is 11.3 Å². The van der Waals surface area contributed by atoms with Gasteiger partial charge in [0.05, 0.1) is 25.3 Å². The summed E-state index contributed by atoms with van der Waals surface area (Å²) in [6.45, 7) is 6.53. The van der Waals surface area contributed by atoms with Crippen LogP contribution in [0.4, 0.5) is 0 Å². The fourth-order valence-corrected chi connectivity index (χ4v) is 3.95. The molecule has 2 aromatic heterocycles. The van der Waals surface area contributed by atoms with Crippen molar-refractivity contribution < 1.29 is 9.26 Å². The summed E-state index contributed by atoms with van der Waals surface area (Å²) in [5, 5.41) is 9.85. The summed E-state index contributed by atoms with van der Waals surface area (Å²) < 4.78 is 10.9. The predicted molar refractivity (Wildman–Crippen MR) is 92.1 cm³/mol. The number of hydrogen-bond donors (Lipinski definition) is 1. The van der Waals surface area contributed by atoms with E-state index in [9.17, 15) is 0 Å². The summed E-state index contributed by atoms with van der Waals surface area (Å²) in [5.74, 6) is 2.10. The molecule has 2 aromatic rings. The predicted octanol–water partition coefficient (Wildman–Crippen LogP) is 2.73. The number of morpholine rings is 1. The molecule has 0 bridgehead atoms. The number of nitrogens with zero attached hydrogens (tertiary/aromatic N) is 3. The third-order valence-corrected chi connectivity index (χ3v) is 5.72. The second-order valence-corrected chi connectivity index (χ2v) is 7.55. The molecule has 4 rings (SSSR count). The molecule has 1 aliphatic heterocycles. The fourth-order valence-electron chi connectivity index (χ4n) is 3.09. The van der Waals surface area contributed by atoms with E-state index in [0.29, 0.717) is 17.9 Å². The molecule has 24 heavy (non-hydrogen) atoms. The number of ether oxygens (including phenoxy) is 1. The van der Waals surface area contributed by atoms with Crippen molar-refractivity contribution in [2.45, 2.75) is 37.8 Å². The average Bonchev–Trinajstić information content (AvgIpc) is 3.12. The van der Waals surface area contributed by atoms with Gasteiger partial charge in [-0.05, 0) is 31.2 Å². The van der Waals surface area contributed by atoms with Crippen molar-refractivity contribution in [1.29, 1.82) is 0 Å². The first-order valence-corrected chi connectivity index (χ1v) is 9.61. The molecule has 3 heterocycles. The molecule has 1 N–H and O–H groups in total. The van der Waals surface area contributed by atoms with Crippen molar-refractivity contribution in [2.75, 3.05) is 32.8 Å². The Morgan fingerprint density at radius 2 is 2.21 bits per heavy atom. The Hall–Kier alpha value is -1.28. The zero-order chi connectivity index (χ0) is 16.4. The molecule has 130 valence electrons. The van der Waals surface area contributed by atoms with Crippen LogP contribution in [0.25, 0.3) is 0 Å². The third kappa shape index (κ3) is 3.69. The smallest absolute Gasteiger partial charge is 0.243 e. The van der Waals surface area contributed by atoms with Crippen molar-refractivity contribution >= 4 is 11.3 Å². The molecule has 6 nitrogen and oxygen atoms in total. The van der Waals surface area contributed by atoms with Crippen molar-refractivity contribution in [1.82, 2.24) is 20.4 Å². The van der Waals surface area contributed by atoms with Crippen molar-refractivity contribution in [3.63, 3.8) is 0 Å². The molecule has 1 saturated carbocycles. The van der Waals surface area contributed by atoms with E-state index in [1.807, 2.05) is 11.3 Å². The first kappa shape index (κ1) is 16.2. The molecule has 1 aliphatic carbocycles. The summed E-state index contributed by atoms with van der Waals surface area (Å²) in [7, 11) is 0. The molecule has 2 unspecified atom stereocenters. The lowest BCUT2D eigenvalue weighted by atomic mass is 10.1. The molecule has 0 spiro atoms. The molecule has 0 radical (unpaired) electrons. The molecule has 2 aliphatic rings. The van der Waals surface area contributed by atoms with Crippen molar-refractivity contribution in [3.05, 3.63) is 34.1 Å². The van der Waals surface area contributed by atoms with Crippen LogP contribution in [0.3, 0.4) is 0 Å². The van der Waals surface area contributed by atoms with Gasteiger partial charge in [0.2, 0.25) is 5.89 Å². The average molecular weight is 348 g/mol. The lowest BCUT2D eigenvalue weighted by Gasteiger charge is -2.34. The molecular formula is C17H24N4O2S. The van der Waals surface area contributed by atoms with Gasteiger partial charge in [0.1, 0.15) is 0 Å². The van der Waals surface area contributed by atoms with E-state index in [4.69, 9.17) is 9.26 Å². The summed E-state index contributed by atoms with van der Waals surface area (Å²) in [4.78, 5) is 8.44. The van der Waals surface area contributed by atoms with Gasteiger partial charge in [0, 0.05) is 30.4 Å². The van der Waals surface area contributed by atoms with Crippen LogP contribution in [0.5, 0.6) is 0 Å². The van der Waals surface area contributed by atoms with E-state index < -0.39 is 0 Å². The van der Waals surface area contributed by atoms with Gasteiger partial charge in [-0.1, -0.05) is 11.2 Å². The van der Waals surface area contributed by atoms with Crippen LogP contribution in [0, 0.1) is 0 Å². The van der Waals surface area contributed by atoms with Gasteiger partial charge in [-0.25, -0.2) is 0 Å². The first-order chi connectivity index (χ1) is 11.8. The zero-order valence-corrected chi connectivity index (χ0v) is 14.8. The number of rotatable bonds is 7. The molecule has 0 amide bonds. The fraction of sp³-hybridized carbons (Fsp3) is 0.647. The van der Waals surface area contributed by atoms with Crippen LogP contribution in [0.1, 0.15) is 54.4 Å². The van der Waals surface area contributed by atoms with E-state index in [2.05, 4.69) is 44.8 Å². The molecule has 7 heteroatoms. The Balaban J connectivity index is 1.40. The monoisotopic (exact) mass is 348 g/mol. The Morgan fingerprint density at radius 3 is 2.92 bits per heavy atom. The molecule has 1 saturated heterocycles. The molecular weight excluding hydrogens is 324 g/mol. The topological polar surface area (TPSA) is 63.4 Å². The minimum atomic E-state index is 0.0634. The highest BCUT2D eigenvalue weighted by Crippen LogP contribution is 2.38. The Kier molecular flexibility index (Phi) is 4.93. The second-order valence-electron chi connectivity index (χ2n) is 6.57. The standard InChI is InChI=1S/C17H24N4O2S/c1-12(17-19-16(20-23-17)13-4-5-13)18-11-14(15-3-2-10-24-15)21-6-8-22-9-7-21/h2-3,10,12-14,18H,4-9,11H2,1H3. The van der Waals surface area contributed by atoms with E-state index in [1.54, 1.807) is 0 Å². The Morgan fingerprint density at radius 1 is 1.38 bits per heavy atom. The summed E-state index contributed by atoms with van der Waals surface area (Å²) >= 11 is 1.81. The maximum Gasteiger partial charge on any atom is 0.243 e. The van der Waals surface area contributed by atoms with Gasteiger partial charge in [0.25, 0.3) is 0 Å². The van der Waals surface area contributed by atoms with Gasteiger partial charge < -0.3 is 14.6 Å². The molecule has 0 aromatic carbocycles. The van der Waals surface area contributed by atoms with E-state index in [1.165, 1.54) is 17.7 Å². The van der Waals surface area contributed by atoms with Crippen LogP contribution in [-0.2, 0) is 4.74 Å². The maximum absolute atomic E-state index is 5.50. The minimum absolute atomic E-state index is 0.0634. The van der Waals surface area contributed by atoms with Gasteiger partial charge in [-0.2, -0.15) is 4.98 Å². The van der Waals surface area contributed by atoms with Gasteiger partial charge in [0.15, 0.2) is 5.82 Å². The van der Waals surface area contributed by atoms with Gasteiger partial charge >= 0.3 is 0 Å². The summed E-state index contributed by atoms with van der Waals surface area (Å²) in [6, 6.07) is 4.77. The zero-order valence-electron chi connectivity index (χ0n) is 14.0. The van der Waals surface area contributed by atoms with Crippen LogP contribution in [0.15, 0.2) is 22.0 Å². The van der Waals surface area contributed by atoms with Gasteiger partial charge in [-0.3, -0.25) is 4.90 Å². The third-order valence-electron chi connectivity index (χ3n) is 4.75. The number of nitrogens with one attached hydrogen (secondary N) is 1. The lowest BCUT2D eigenvalue weighted by Crippen LogP contribution is -2.42.